The highest BCUT2D eigenvalue weighted by atomic mass is 16.5. The summed E-state index contributed by atoms with van der Waals surface area (Å²) in [5.74, 6) is 0.598. The number of ether oxygens (including phenoxy) is 1. The Morgan fingerprint density at radius 3 is 2.38 bits per heavy atom. The first-order chi connectivity index (χ1) is 12.6. The first-order valence-electron chi connectivity index (χ1n) is 9.09. The third kappa shape index (κ3) is 4.23. The van der Waals surface area contributed by atoms with Gasteiger partial charge in [0.2, 0.25) is 0 Å². The number of carbonyl (C=O) groups is 1. The molecule has 26 heavy (non-hydrogen) atoms. The Morgan fingerprint density at radius 1 is 1.00 bits per heavy atom. The fraction of sp³-hybridized carbons (Fsp3) is 0.261. The first-order valence-corrected chi connectivity index (χ1v) is 9.09. The van der Waals surface area contributed by atoms with Gasteiger partial charge in [-0.25, -0.2) is 0 Å². The van der Waals surface area contributed by atoms with Crippen molar-refractivity contribution in [2.75, 3.05) is 0 Å². The van der Waals surface area contributed by atoms with Crippen molar-refractivity contribution in [1.29, 1.82) is 0 Å². The molecule has 1 amide bonds. The van der Waals surface area contributed by atoms with E-state index in [0.717, 1.165) is 22.8 Å². The lowest BCUT2D eigenvalue weighted by atomic mass is 10.0. The van der Waals surface area contributed by atoms with E-state index in [1.807, 2.05) is 36.4 Å². The Bertz CT molecular complexity index is 886. The minimum atomic E-state index is -0.560. The predicted molar refractivity (Wildman–Crippen MR) is 106 cm³/mol. The van der Waals surface area contributed by atoms with Crippen LogP contribution in [0.5, 0.6) is 5.75 Å². The number of nitrogens with one attached hydrogen (secondary N) is 1. The third-order valence-electron chi connectivity index (χ3n) is 4.61. The van der Waals surface area contributed by atoms with Crippen LogP contribution >= 0.6 is 0 Å². The molecule has 0 heterocycles. The van der Waals surface area contributed by atoms with Crippen LogP contribution in [0.4, 0.5) is 0 Å². The Balaban J connectivity index is 1.66. The normalized spacial score (nSPS) is 13.2. The molecule has 2 atom stereocenters. The van der Waals surface area contributed by atoms with E-state index >= 15 is 0 Å². The molecular weight excluding hydrogens is 322 g/mol. The molecule has 0 radical (unpaired) electrons. The fourth-order valence-corrected chi connectivity index (χ4v) is 3.01. The summed E-state index contributed by atoms with van der Waals surface area (Å²) in [5.41, 5.74) is 2.33. The molecule has 0 spiro atoms. The lowest BCUT2D eigenvalue weighted by Crippen LogP contribution is -2.38. The van der Waals surface area contributed by atoms with Crippen molar-refractivity contribution >= 4 is 16.7 Å². The van der Waals surface area contributed by atoms with E-state index in [0.29, 0.717) is 5.75 Å². The maximum Gasteiger partial charge on any atom is 0.261 e. The zero-order chi connectivity index (χ0) is 18.5. The second-order valence-corrected chi connectivity index (χ2v) is 6.65. The van der Waals surface area contributed by atoms with E-state index < -0.39 is 6.10 Å². The Labute approximate surface area is 155 Å². The predicted octanol–water partition coefficient (Wildman–Crippen LogP) is 5.18. The topological polar surface area (TPSA) is 38.3 Å². The molecule has 0 aliphatic heterocycles. The number of carbonyl (C=O) groups excluding carboxylic acids is 1. The maximum absolute atomic E-state index is 12.6. The van der Waals surface area contributed by atoms with Gasteiger partial charge in [-0.15, -0.1) is 0 Å². The standard InChI is InChI=1S/C23H25NO2/c1-4-22(19-11-9-16(2)10-12-19)24-23(25)17(3)26-21-14-13-18-7-5-6-8-20(18)15-21/h5-15,17,22H,4H2,1-3H3,(H,24,25)/t17-,22+/m1/s1. The molecule has 0 unspecified atom stereocenters. The van der Waals surface area contributed by atoms with Crippen LogP contribution in [-0.4, -0.2) is 12.0 Å². The van der Waals surface area contributed by atoms with Gasteiger partial charge in [-0.1, -0.05) is 67.1 Å². The zero-order valence-corrected chi connectivity index (χ0v) is 15.5. The summed E-state index contributed by atoms with van der Waals surface area (Å²) in [7, 11) is 0. The molecule has 3 rings (SSSR count). The number of hydrogen-bond donors (Lipinski definition) is 1. The number of hydrogen-bond acceptors (Lipinski definition) is 2. The van der Waals surface area contributed by atoms with Crippen molar-refractivity contribution in [3.63, 3.8) is 0 Å². The first kappa shape index (κ1) is 18.0. The van der Waals surface area contributed by atoms with Crippen LogP contribution in [0.1, 0.15) is 37.4 Å². The van der Waals surface area contributed by atoms with Gasteiger partial charge in [0, 0.05) is 0 Å². The van der Waals surface area contributed by atoms with Crippen molar-refractivity contribution < 1.29 is 9.53 Å². The summed E-state index contributed by atoms with van der Waals surface area (Å²) in [4.78, 5) is 12.6. The van der Waals surface area contributed by atoms with Crippen molar-refractivity contribution in [2.24, 2.45) is 0 Å². The largest absolute Gasteiger partial charge is 0.481 e. The van der Waals surface area contributed by atoms with E-state index in [-0.39, 0.29) is 11.9 Å². The second kappa shape index (κ2) is 8.05. The highest BCUT2D eigenvalue weighted by Crippen LogP contribution is 2.22. The van der Waals surface area contributed by atoms with Gasteiger partial charge in [-0.05, 0) is 48.7 Å². The van der Waals surface area contributed by atoms with E-state index in [2.05, 4.69) is 49.5 Å². The average Bonchev–Trinajstić information content (AvgIpc) is 2.66. The summed E-state index contributed by atoms with van der Waals surface area (Å²) < 4.78 is 5.87. The van der Waals surface area contributed by atoms with E-state index in [4.69, 9.17) is 4.74 Å². The van der Waals surface area contributed by atoms with Gasteiger partial charge in [0.25, 0.3) is 5.91 Å². The van der Waals surface area contributed by atoms with Crippen molar-refractivity contribution in [3.05, 3.63) is 77.9 Å². The fourth-order valence-electron chi connectivity index (χ4n) is 3.01. The maximum atomic E-state index is 12.6. The minimum absolute atomic E-state index is 0.00856. The van der Waals surface area contributed by atoms with Gasteiger partial charge < -0.3 is 10.1 Å². The zero-order valence-electron chi connectivity index (χ0n) is 15.5. The summed E-state index contributed by atoms with van der Waals surface area (Å²) in [5, 5.41) is 5.35. The van der Waals surface area contributed by atoms with Crippen LogP contribution < -0.4 is 10.1 Å². The molecule has 3 heteroatoms. The average molecular weight is 347 g/mol. The highest BCUT2D eigenvalue weighted by molar-refractivity contribution is 5.84. The SMILES string of the molecule is CC[C@H](NC(=O)[C@@H](C)Oc1ccc2ccccc2c1)c1ccc(C)cc1. The number of rotatable bonds is 6. The molecule has 0 saturated heterocycles. The van der Waals surface area contributed by atoms with E-state index in [9.17, 15) is 4.79 Å². The molecule has 0 aliphatic carbocycles. The molecule has 0 bridgehead atoms. The lowest BCUT2D eigenvalue weighted by molar-refractivity contribution is -0.128. The summed E-state index contributed by atoms with van der Waals surface area (Å²) in [6.45, 7) is 5.91. The lowest BCUT2D eigenvalue weighted by Gasteiger charge is -2.21. The molecular formula is C23H25NO2. The Hall–Kier alpha value is -2.81. The summed E-state index contributed by atoms with van der Waals surface area (Å²) in [6, 6.07) is 22.3. The number of fused-ring (bicyclic) bond motifs is 1. The van der Waals surface area contributed by atoms with Gasteiger partial charge in [0.05, 0.1) is 6.04 Å². The van der Waals surface area contributed by atoms with Crippen molar-refractivity contribution in [3.8, 4) is 5.75 Å². The van der Waals surface area contributed by atoms with Gasteiger partial charge in [-0.3, -0.25) is 4.79 Å². The smallest absolute Gasteiger partial charge is 0.261 e. The monoisotopic (exact) mass is 347 g/mol. The van der Waals surface area contributed by atoms with E-state index in [1.165, 1.54) is 5.56 Å². The summed E-state index contributed by atoms with van der Waals surface area (Å²) in [6.07, 6.45) is 0.271. The van der Waals surface area contributed by atoms with Crippen LogP contribution in [0.15, 0.2) is 66.7 Å². The van der Waals surface area contributed by atoms with E-state index in [1.54, 1.807) is 6.92 Å². The van der Waals surface area contributed by atoms with Crippen LogP contribution in [-0.2, 0) is 4.79 Å². The van der Waals surface area contributed by atoms with Gasteiger partial charge in [-0.2, -0.15) is 0 Å². The molecule has 0 aromatic heterocycles. The van der Waals surface area contributed by atoms with Crippen LogP contribution in [0.25, 0.3) is 10.8 Å². The molecule has 3 aromatic carbocycles. The quantitative estimate of drug-likeness (QED) is 0.667. The molecule has 3 nitrogen and oxygen atoms in total. The molecule has 0 saturated carbocycles. The van der Waals surface area contributed by atoms with Gasteiger partial charge in [0.15, 0.2) is 6.10 Å². The number of amides is 1. The Kier molecular flexibility index (Phi) is 5.57. The third-order valence-corrected chi connectivity index (χ3v) is 4.61. The van der Waals surface area contributed by atoms with Crippen molar-refractivity contribution in [1.82, 2.24) is 5.32 Å². The molecule has 0 fully saturated rings. The van der Waals surface area contributed by atoms with Gasteiger partial charge >= 0.3 is 0 Å². The Morgan fingerprint density at radius 2 is 1.69 bits per heavy atom. The van der Waals surface area contributed by atoms with Crippen molar-refractivity contribution in [2.45, 2.75) is 39.3 Å². The van der Waals surface area contributed by atoms with Crippen LogP contribution in [0, 0.1) is 6.92 Å². The number of aryl methyl sites for hydroxylation is 1. The highest BCUT2D eigenvalue weighted by Gasteiger charge is 2.19. The minimum Gasteiger partial charge on any atom is -0.481 e. The second-order valence-electron chi connectivity index (χ2n) is 6.65. The number of benzene rings is 3. The summed E-state index contributed by atoms with van der Waals surface area (Å²) >= 11 is 0. The van der Waals surface area contributed by atoms with Crippen LogP contribution in [0.2, 0.25) is 0 Å². The molecule has 3 aromatic rings. The molecule has 0 aliphatic rings. The van der Waals surface area contributed by atoms with Gasteiger partial charge in [0.1, 0.15) is 5.75 Å². The van der Waals surface area contributed by atoms with Crippen LogP contribution in [0.3, 0.4) is 0 Å². The molecule has 134 valence electrons. The molecule has 1 N–H and O–H groups in total.